The molecule has 0 bridgehead atoms. The first-order chi connectivity index (χ1) is 14.0. The van der Waals surface area contributed by atoms with Gasteiger partial charge in [0.25, 0.3) is 0 Å². The van der Waals surface area contributed by atoms with Crippen molar-refractivity contribution in [2.24, 2.45) is 0 Å². The van der Waals surface area contributed by atoms with Gasteiger partial charge in [-0.25, -0.2) is 4.79 Å². The van der Waals surface area contributed by atoms with Gasteiger partial charge in [0.2, 0.25) is 0 Å². The largest absolute Gasteiger partial charge is 0.486 e. The molecule has 0 spiro atoms. The molecule has 2 amide bonds. The number of nitrogens with zero attached hydrogens (tertiary/aromatic N) is 1. The molecule has 1 saturated heterocycles. The van der Waals surface area contributed by atoms with E-state index in [1.807, 2.05) is 56.3 Å². The van der Waals surface area contributed by atoms with Crippen LogP contribution in [0.5, 0.6) is 11.5 Å². The van der Waals surface area contributed by atoms with E-state index in [-0.39, 0.29) is 6.03 Å². The van der Waals surface area contributed by atoms with E-state index in [2.05, 4.69) is 15.5 Å². The summed E-state index contributed by atoms with van der Waals surface area (Å²) in [5.74, 6) is 1.45. The van der Waals surface area contributed by atoms with Gasteiger partial charge in [0.05, 0.1) is 30.1 Å². The van der Waals surface area contributed by atoms with Crippen molar-refractivity contribution in [3.05, 3.63) is 48.0 Å². The molecule has 0 radical (unpaired) electrons. The van der Waals surface area contributed by atoms with E-state index in [0.717, 1.165) is 35.8 Å². The molecule has 2 aliphatic heterocycles. The Morgan fingerprint density at radius 2 is 1.69 bits per heavy atom. The Balaban J connectivity index is 1.47. The van der Waals surface area contributed by atoms with E-state index < -0.39 is 5.54 Å². The van der Waals surface area contributed by atoms with E-state index >= 15 is 0 Å². The highest BCUT2D eigenvalue weighted by Gasteiger charge is 2.26. The molecule has 29 heavy (non-hydrogen) atoms. The molecular weight excluding hydrogens is 370 g/mol. The number of carbonyl (C=O) groups is 1. The number of nitrogens with one attached hydrogen (secondary N) is 2. The third-order valence-electron chi connectivity index (χ3n) is 5.19. The Morgan fingerprint density at radius 3 is 2.48 bits per heavy atom. The zero-order chi connectivity index (χ0) is 20.3. The molecular formula is C22H27N3O4. The van der Waals surface area contributed by atoms with Crippen molar-refractivity contribution in [1.29, 1.82) is 0 Å². The lowest BCUT2D eigenvalue weighted by Crippen LogP contribution is -2.44. The van der Waals surface area contributed by atoms with Crippen molar-refractivity contribution in [3.8, 4) is 11.5 Å². The predicted molar refractivity (Wildman–Crippen MR) is 112 cm³/mol. The second-order valence-corrected chi connectivity index (χ2v) is 7.68. The number of ether oxygens (including phenoxy) is 3. The summed E-state index contributed by atoms with van der Waals surface area (Å²) in [6, 6.07) is 13.4. The van der Waals surface area contributed by atoms with E-state index in [4.69, 9.17) is 14.2 Å². The van der Waals surface area contributed by atoms with Crippen molar-refractivity contribution in [2.45, 2.75) is 19.4 Å². The van der Waals surface area contributed by atoms with Gasteiger partial charge in [-0.05, 0) is 43.7 Å². The van der Waals surface area contributed by atoms with Crippen LogP contribution in [0.1, 0.15) is 19.4 Å². The minimum Gasteiger partial charge on any atom is -0.486 e. The molecule has 7 heteroatoms. The van der Waals surface area contributed by atoms with Crippen molar-refractivity contribution in [3.63, 3.8) is 0 Å². The summed E-state index contributed by atoms with van der Waals surface area (Å²) >= 11 is 0. The summed E-state index contributed by atoms with van der Waals surface area (Å²) < 4.78 is 16.7. The van der Waals surface area contributed by atoms with Gasteiger partial charge in [-0.2, -0.15) is 0 Å². The van der Waals surface area contributed by atoms with E-state index in [0.29, 0.717) is 32.2 Å². The summed E-state index contributed by atoms with van der Waals surface area (Å²) in [5.41, 5.74) is 2.14. The summed E-state index contributed by atoms with van der Waals surface area (Å²) in [4.78, 5) is 15.0. The first kappa shape index (κ1) is 19.4. The summed E-state index contributed by atoms with van der Waals surface area (Å²) in [5, 5.41) is 6.08. The van der Waals surface area contributed by atoms with Gasteiger partial charge in [-0.15, -0.1) is 0 Å². The number of anilines is 2. The molecule has 0 atom stereocenters. The average Bonchev–Trinajstić information content (AvgIpc) is 2.74. The maximum absolute atomic E-state index is 12.8. The van der Waals surface area contributed by atoms with Crippen LogP contribution >= 0.6 is 0 Å². The number of morpholine rings is 1. The predicted octanol–water partition coefficient (Wildman–Crippen LogP) is 3.35. The number of carbonyl (C=O) groups excluding carboxylic acids is 1. The minimum absolute atomic E-state index is 0.259. The van der Waals surface area contributed by atoms with Crippen molar-refractivity contribution in [2.75, 3.05) is 49.7 Å². The van der Waals surface area contributed by atoms with Crippen molar-refractivity contribution >= 4 is 17.4 Å². The zero-order valence-electron chi connectivity index (χ0n) is 16.9. The highest BCUT2D eigenvalue weighted by atomic mass is 16.6. The topological polar surface area (TPSA) is 72.1 Å². The minimum atomic E-state index is -0.589. The van der Waals surface area contributed by atoms with Gasteiger partial charge in [-0.3, -0.25) is 0 Å². The first-order valence-corrected chi connectivity index (χ1v) is 9.94. The SMILES string of the molecule is CC(C)(NC(=O)Nc1ccccc1N1CCOCC1)c1ccc2c(c1)OCCO2. The van der Waals surface area contributed by atoms with E-state index in [9.17, 15) is 4.79 Å². The fourth-order valence-electron chi connectivity index (χ4n) is 3.60. The van der Waals surface area contributed by atoms with Crippen LogP contribution in [0.15, 0.2) is 42.5 Å². The molecule has 154 valence electrons. The van der Waals surface area contributed by atoms with Crippen LogP contribution in [0, 0.1) is 0 Å². The summed E-state index contributed by atoms with van der Waals surface area (Å²) in [7, 11) is 0. The van der Waals surface area contributed by atoms with Crippen LogP contribution in [0.3, 0.4) is 0 Å². The van der Waals surface area contributed by atoms with Crippen LogP contribution in [0.4, 0.5) is 16.2 Å². The Morgan fingerprint density at radius 1 is 0.966 bits per heavy atom. The third kappa shape index (κ3) is 4.40. The molecule has 2 N–H and O–H groups in total. The molecule has 2 heterocycles. The fourth-order valence-corrected chi connectivity index (χ4v) is 3.60. The number of hydrogen-bond acceptors (Lipinski definition) is 5. The maximum atomic E-state index is 12.8. The Hall–Kier alpha value is -2.93. The number of fused-ring (bicyclic) bond motifs is 1. The lowest BCUT2D eigenvalue weighted by atomic mass is 9.94. The van der Waals surface area contributed by atoms with Crippen molar-refractivity contribution in [1.82, 2.24) is 5.32 Å². The second kappa shape index (κ2) is 8.21. The van der Waals surface area contributed by atoms with E-state index in [1.54, 1.807) is 0 Å². The number of benzene rings is 2. The molecule has 7 nitrogen and oxygen atoms in total. The third-order valence-corrected chi connectivity index (χ3v) is 5.19. The Bertz CT molecular complexity index is 878. The molecule has 2 aromatic carbocycles. The smallest absolute Gasteiger partial charge is 0.319 e. The number of amides is 2. The number of para-hydroxylation sites is 2. The van der Waals surface area contributed by atoms with Gasteiger partial charge in [-0.1, -0.05) is 18.2 Å². The Kier molecular flexibility index (Phi) is 5.49. The van der Waals surface area contributed by atoms with Crippen LogP contribution in [0.2, 0.25) is 0 Å². The highest BCUT2D eigenvalue weighted by Crippen LogP contribution is 2.34. The average molecular weight is 397 g/mol. The fraction of sp³-hybridized carbons (Fsp3) is 0.409. The van der Waals surface area contributed by atoms with Gasteiger partial charge in [0.15, 0.2) is 11.5 Å². The number of hydrogen-bond donors (Lipinski definition) is 2. The highest BCUT2D eigenvalue weighted by molar-refractivity contribution is 5.93. The molecule has 0 saturated carbocycles. The molecule has 4 rings (SSSR count). The van der Waals surface area contributed by atoms with Crippen LogP contribution in [-0.2, 0) is 10.3 Å². The van der Waals surface area contributed by atoms with Gasteiger partial charge in [0, 0.05) is 13.1 Å². The lowest BCUT2D eigenvalue weighted by molar-refractivity contribution is 0.123. The van der Waals surface area contributed by atoms with Gasteiger partial charge >= 0.3 is 6.03 Å². The molecule has 2 aliphatic rings. The summed E-state index contributed by atoms with van der Waals surface area (Å²) in [6.07, 6.45) is 0. The standard InChI is InChI=1S/C22H27N3O4/c1-22(2,16-7-8-19-20(15-16)29-14-13-28-19)24-21(26)23-17-5-3-4-6-18(17)25-9-11-27-12-10-25/h3-8,15H,9-14H2,1-2H3,(H2,23,24,26). The Labute approximate surface area is 170 Å². The molecule has 0 aromatic heterocycles. The normalized spacial score (nSPS) is 16.3. The molecule has 0 unspecified atom stereocenters. The van der Waals surface area contributed by atoms with Crippen LogP contribution in [-0.4, -0.2) is 45.5 Å². The molecule has 0 aliphatic carbocycles. The second-order valence-electron chi connectivity index (χ2n) is 7.68. The van der Waals surface area contributed by atoms with Gasteiger partial charge < -0.3 is 29.7 Å². The molecule has 2 aromatic rings. The monoisotopic (exact) mass is 397 g/mol. The summed E-state index contributed by atoms with van der Waals surface area (Å²) in [6.45, 7) is 8.02. The van der Waals surface area contributed by atoms with Gasteiger partial charge in [0.1, 0.15) is 13.2 Å². The van der Waals surface area contributed by atoms with Crippen LogP contribution < -0.4 is 25.0 Å². The van der Waals surface area contributed by atoms with Crippen molar-refractivity contribution < 1.29 is 19.0 Å². The maximum Gasteiger partial charge on any atom is 0.319 e. The van der Waals surface area contributed by atoms with E-state index in [1.165, 1.54) is 0 Å². The van der Waals surface area contributed by atoms with Crippen LogP contribution in [0.25, 0.3) is 0 Å². The number of rotatable bonds is 4. The molecule has 1 fully saturated rings. The first-order valence-electron chi connectivity index (χ1n) is 9.94. The quantitative estimate of drug-likeness (QED) is 0.828. The number of urea groups is 1. The zero-order valence-corrected chi connectivity index (χ0v) is 16.9. The lowest BCUT2D eigenvalue weighted by Gasteiger charge is -2.31.